The molecule has 0 aliphatic heterocycles. The van der Waals surface area contributed by atoms with E-state index in [2.05, 4.69) is 37.9 Å². The highest BCUT2D eigenvalue weighted by Crippen LogP contribution is 2.68. The highest BCUT2D eigenvalue weighted by atomic mass is 16.3. The Morgan fingerprint density at radius 2 is 1.83 bits per heavy atom. The number of hydrogen-bond acceptors (Lipinski definition) is 4. The molecule has 0 radical (unpaired) electrons. The van der Waals surface area contributed by atoms with E-state index in [4.69, 9.17) is 4.98 Å². The molecule has 35 heavy (non-hydrogen) atoms. The third-order valence-corrected chi connectivity index (χ3v) is 11.8. The van der Waals surface area contributed by atoms with E-state index in [0.29, 0.717) is 29.6 Å². The number of aliphatic hydroxyl groups is 3. The highest BCUT2D eigenvalue weighted by Gasteiger charge is 2.65. The number of rotatable bonds is 4. The summed E-state index contributed by atoms with van der Waals surface area (Å²) in [5.74, 6) is 3.43. The topological polar surface area (TPSA) is 89.4 Å². The van der Waals surface area contributed by atoms with E-state index in [-0.39, 0.29) is 35.1 Å². The lowest BCUT2D eigenvalue weighted by atomic mass is 9.43. The van der Waals surface area contributed by atoms with Gasteiger partial charge < -0.3 is 20.3 Å². The van der Waals surface area contributed by atoms with Crippen LogP contribution in [0.4, 0.5) is 0 Å². The molecule has 1 heterocycles. The zero-order valence-corrected chi connectivity index (χ0v) is 21.7. The Hall–Kier alpha value is -1.43. The molecular formula is C30H44N2O3. The molecule has 4 aliphatic rings. The number of aromatic amines is 1. The van der Waals surface area contributed by atoms with Gasteiger partial charge in [0.25, 0.3) is 0 Å². The van der Waals surface area contributed by atoms with Gasteiger partial charge in [0.05, 0.1) is 29.3 Å². The Kier molecular flexibility index (Phi) is 5.86. The molecule has 4 aliphatic carbocycles. The number of nitrogens with zero attached hydrogens (tertiary/aromatic N) is 1. The lowest BCUT2D eigenvalue weighted by Crippen LogP contribution is -2.62. The van der Waals surface area contributed by atoms with E-state index in [1.54, 1.807) is 0 Å². The van der Waals surface area contributed by atoms with Gasteiger partial charge in [-0.25, -0.2) is 4.98 Å². The van der Waals surface area contributed by atoms with Gasteiger partial charge in [-0.2, -0.15) is 0 Å². The van der Waals surface area contributed by atoms with Gasteiger partial charge >= 0.3 is 0 Å². The summed E-state index contributed by atoms with van der Waals surface area (Å²) in [6.45, 7) is 7.13. The van der Waals surface area contributed by atoms with Crippen molar-refractivity contribution in [2.45, 2.75) is 96.9 Å². The number of imidazole rings is 1. The van der Waals surface area contributed by atoms with E-state index in [1.165, 1.54) is 0 Å². The van der Waals surface area contributed by atoms with Crippen LogP contribution in [0.2, 0.25) is 0 Å². The Balaban J connectivity index is 1.21. The minimum atomic E-state index is -0.315. The molecule has 0 amide bonds. The van der Waals surface area contributed by atoms with Gasteiger partial charge in [0.2, 0.25) is 0 Å². The van der Waals surface area contributed by atoms with Crippen LogP contribution in [0.25, 0.3) is 11.0 Å². The first-order chi connectivity index (χ1) is 16.7. The first-order valence-corrected chi connectivity index (χ1v) is 14.2. The number of para-hydroxylation sites is 2. The van der Waals surface area contributed by atoms with Crippen LogP contribution in [-0.4, -0.2) is 43.6 Å². The van der Waals surface area contributed by atoms with Gasteiger partial charge in [-0.05, 0) is 110 Å². The van der Waals surface area contributed by atoms with Crippen LogP contribution in [0.15, 0.2) is 24.3 Å². The maximum Gasteiger partial charge on any atom is 0.107 e. The van der Waals surface area contributed by atoms with Crippen molar-refractivity contribution in [2.75, 3.05) is 0 Å². The van der Waals surface area contributed by atoms with Crippen molar-refractivity contribution in [3.63, 3.8) is 0 Å². The number of fused-ring (bicyclic) bond motifs is 6. The molecule has 2 aromatic rings. The number of H-pyrrole nitrogens is 1. The predicted octanol–water partition coefficient (Wildman–Crippen LogP) is 5.09. The fraction of sp³-hybridized carbons (Fsp3) is 0.767. The molecule has 6 rings (SSSR count). The van der Waals surface area contributed by atoms with Crippen molar-refractivity contribution in [1.82, 2.24) is 9.97 Å². The third-order valence-electron chi connectivity index (χ3n) is 11.8. The van der Waals surface area contributed by atoms with Gasteiger partial charge in [0, 0.05) is 6.42 Å². The molecule has 0 bridgehead atoms. The van der Waals surface area contributed by atoms with Gasteiger partial charge in [0.1, 0.15) is 5.82 Å². The summed E-state index contributed by atoms with van der Waals surface area (Å²) in [6, 6.07) is 8.22. The Morgan fingerprint density at radius 1 is 1.03 bits per heavy atom. The summed E-state index contributed by atoms with van der Waals surface area (Å²) in [6.07, 6.45) is 7.77. The zero-order valence-electron chi connectivity index (χ0n) is 21.7. The maximum atomic E-state index is 11.8. The Morgan fingerprint density at radius 3 is 2.63 bits per heavy atom. The first kappa shape index (κ1) is 23.9. The second kappa shape index (κ2) is 8.56. The molecule has 5 nitrogen and oxygen atoms in total. The van der Waals surface area contributed by atoms with E-state index < -0.39 is 0 Å². The van der Waals surface area contributed by atoms with Crippen LogP contribution in [0.1, 0.15) is 78.0 Å². The van der Waals surface area contributed by atoms with Crippen LogP contribution in [0.3, 0.4) is 0 Å². The first-order valence-electron chi connectivity index (χ1n) is 14.2. The van der Waals surface area contributed by atoms with Gasteiger partial charge in [-0.3, -0.25) is 0 Å². The quantitative estimate of drug-likeness (QED) is 0.491. The number of aromatic nitrogens is 2. The summed E-state index contributed by atoms with van der Waals surface area (Å²) in [7, 11) is 0. The van der Waals surface area contributed by atoms with E-state index in [1.807, 2.05) is 12.1 Å². The molecule has 1 aromatic heterocycles. The zero-order chi connectivity index (χ0) is 24.5. The highest BCUT2D eigenvalue weighted by molar-refractivity contribution is 5.74. The summed E-state index contributed by atoms with van der Waals surface area (Å²) in [5, 5.41) is 33.6. The SMILES string of the molecule is CC(CCc1nc2ccccc2[nH]1)C1CCC2C3C(C[C@H](O)[C@]12C)[C@@]1(C)CC[C@@H](O)C[C@H]1C[C@H]3O. The third kappa shape index (κ3) is 3.63. The molecule has 5 unspecified atom stereocenters. The molecular weight excluding hydrogens is 436 g/mol. The minimum absolute atomic E-state index is 0.132. The molecule has 11 atom stereocenters. The monoisotopic (exact) mass is 480 g/mol. The summed E-state index contributed by atoms with van der Waals surface area (Å²) < 4.78 is 0. The average molecular weight is 481 g/mol. The van der Waals surface area contributed by atoms with Crippen LogP contribution < -0.4 is 0 Å². The Bertz CT molecular complexity index is 1040. The number of aliphatic hydroxyl groups excluding tert-OH is 3. The lowest BCUT2D eigenvalue weighted by Gasteiger charge is -2.63. The molecule has 192 valence electrons. The fourth-order valence-electron chi connectivity index (χ4n) is 9.82. The number of aryl methyl sites for hydroxylation is 1. The molecule has 4 N–H and O–H groups in total. The van der Waals surface area contributed by atoms with Crippen LogP contribution >= 0.6 is 0 Å². The summed E-state index contributed by atoms with van der Waals surface area (Å²) in [4.78, 5) is 8.27. The number of hydrogen-bond donors (Lipinski definition) is 4. The average Bonchev–Trinajstić information content (AvgIpc) is 3.41. The molecule has 0 spiro atoms. The molecule has 4 saturated carbocycles. The molecule has 1 aromatic carbocycles. The van der Waals surface area contributed by atoms with Crippen molar-refractivity contribution in [2.24, 2.45) is 46.3 Å². The van der Waals surface area contributed by atoms with Crippen LogP contribution in [-0.2, 0) is 6.42 Å². The van der Waals surface area contributed by atoms with Gasteiger partial charge in [0.15, 0.2) is 0 Å². The number of benzene rings is 1. The minimum Gasteiger partial charge on any atom is -0.393 e. The Labute approximate surface area is 209 Å². The molecule has 5 heteroatoms. The summed E-state index contributed by atoms with van der Waals surface area (Å²) >= 11 is 0. The predicted molar refractivity (Wildman–Crippen MR) is 138 cm³/mol. The maximum absolute atomic E-state index is 11.8. The standard InChI is InChI=1S/C30H44N2O3/c1-17(8-11-27-31-23-6-4-5-7-24(23)32-27)20-9-10-21-28-22(16-26(35)30(20,21)3)29(2)13-12-19(33)14-18(29)15-25(28)34/h4-7,17-22,25-26,28,33-35H,8-16H2,1-3H3,(H,31,32)/t17?,18-,19+,20?,21?,22?,25+,26-,28?,29-,30+/m0/s1. The summed E-state index contributed by atoms with van der Waals surface area (Å²) in [5.41, 5.74) is 2.14. The van der Waals surface area contributed by atoms with Gasteiger partial charge in [-0.15, -0.1) is 0 Å². The normalized spacial score (nSPS) is 46.1. The van der Waals surface area contributed by atoms with Crippen molar-refractivity contribution >= 4 is 11.0 Å². The molecule has 4 fully saturated rings. The van der Waals surface area contributed by atoms with E-state index in [0.717, 1.165) is 74.6 Å². The van der Waals surface area contributed by atoms with E-state index >= 15 is 0 Å². The van der Waals surface area contributed by atoms with Gasteiger partial charge in [-0.1, -0.05) is 32.9 Å². The number of nitrogens with one attached hydrogen (secondary N) is 1. The van der Waals surface area contributed by atoms with Crippen molar-refractivity contribution in [3.05, 3.63) is 30.1 Å². The smallest absolute Gasteiger partial charge is 0.107 e. The second-order valence-corrected chi connectivity index (χ2v) is 13.2. The fourth-order valence-corrected chi connectivity index (χ4v) is 9.82. The van der Waals surface area contributed by atoms with Crippen LogP contribution in [0, 0.1) is 46.3 Å². The van der Waals surface area contributed by atoms with Crippen molar-refractivity contribution in [1.29, 1.82) is 0 Å². The van der Waals surface area contributed by atoms with Crippen LogP contribution in [0.5, 0.6) is 0 Å². The van der Waals surface area contributed by atoms with Crippen molar-refractivity contribution < 1.29 is 15.3 Å². The second-order valence-electron chi connectivity index (χ2n) is 13.2. The lowest BCUT2D eigenvalue weighted by molar-refractivity contribution is -0.207. The van der Waals surface area contributed by atoms with E-state index in [9.17, 15) is 15.3 Å². The van der Waals surface area contributed by atoms with Crippen molar-refractivity contribution in [3.8, 4) is 0 Å². The molecule has 0 saturated heterocycles. The largest absolute Gasteiger partial charge is 0.393 e.